The van der Waals surface area contributed by atoms with Crippen LogP contribution in [0, 0.1) is 11.3 Å². The van der Waals surface area contributed by atoms with Gasteiger partial charge in [0, 0.05) is 32.7 Å². The number of rotatable bonds is 7. The zero-order chi connectivity index (χ0) is 22.9. The molecule has 168 valence electrons. The molecule has 3 aromatic rings. The van der Waals surface area contributed by atoms with E-state index in [1.54, 1.807) is 0 Å². The highest BCUT2D eigenvalue weighted by molar-refractivity contribution is 5.77. The van der Waals surface area contributed by atoms with Crippen molar-refractivity contribution in [3.8, 4) is 23.3 Å². The smallest absolute Gasteiger partial charge is 0.260 e. The summed E-state index contributed by atoms with van der Waals surface area (Å²) in [6, 6.07) is 26.7. The summed E-state index contributed by atoms with van der Waals surface area (Å²) in [6.45, 7) is 4.01. The molecular weight excluding hydrogens is 414 g/mol. The molecule has 0 saturated carbocycles. The van der Waals surface area contributed by atoms with Crippen molar-refractivity contribution in [1.82, 2.24) is 9.80 Å². The number of carbonyl (C=O) groups excluding carboxylic acids is 1. The molecule has 1 fully saturated rings. The van der Waals surface area contributed by atoms with Crippen LogP contribution in [0.15, 0.2) is 78.9 Å². The summed E-state index contributed by atoms with van der Waals surface area (Å²) in [6.07, 6.45) is 0.924. The van der Waals surface area contributed by atoms with Crippen molar-refractivity contribution in [3.63, 3.8) is 0 Å². The number of benzene rings is 3. The molecule has 0 bridgehead atoms. The van der Waals surface area contributed by atoms with E-state index in [9.17, 15) is 4.79 Å². The Balaban J connectivity index is 1.23. The third-order valence-corrected chi connectivity index (χ3v) is 5.60. The Morgan fingerprint density at radius 1 is 0.818 bits per heavy atom. The van der Waals surface area contributed by atoms with Crippen molar-refractivity contribution in [3.05, 3.63) is 90.0 Å². The molecule has 0 spiro atoms. The van der Waals surface area contributed by atoms with Gasteiger partial charge in [0.2, 0.25) is 0 Å². The second-order valence-corrected chi connectivity index (χ2v) is 7.99. The Morgan fingerprint density at radius 2 is 1.52 bits per heavy atom. The van der Waals surface area contributed by atoms with Crippen molar-refractivity contribution in [1.29, 1.82) is 5.26 Å². The van der Waals surface area contributed by atoms with Crippen LogP contribution in [0.2, 0.25) is 0 Å². The van der Waals surface area contributed by atoms with Crippen molar-refractivity contribution >= 4 is 5.91 Å². The molecule has 0 N–H and O–H groups in total. The van der Waals surface area contributed by atoms with E-state index in [1.165, 1.54) is 5.56 Å². The molecule has 6 heteroatoms. The molecule has 3 aromatic carbocycles. The van der Waals surface area contributed by atoms with Gasteiger partial charge in [0.25, 0.3) is 5.91 Å². The molecule has 1 amide bonds. The van der Waals surface area contributed by atoms with Crippen LogP contribution < -0.4 is 9.47 Å². The summed E-state index contributed by atoms with van der Waals surface area (Å²) in [7, 11) is 0. The van der Waals surface area contributed by atoms with Gasteiger partial charge in [-0.05, 0) is 60.5 Å². The Kier molecular flexibility index (Phi) is 7.57. The highest BCUT2D eigenvalue weighted by atomic mass is 16.5. The van der Waals surface area contributed by atoms with Gasteiger partial charge >= 0.3 is 0 Å². The molecule has 33 heavy (non-hydrogen) atoms. The minimum atomic E-state index is -0.000153. The van der Waals surface area contributed by atoms with Crippen LogP contribution in [0.5, 0.6) is 17.2 Å². The highest BCUT2D eigenvalue weighted by Gasteiger charge is 2.19. The Morgan fingerprint density at radius 3 is 2.24 bits per heavy atom. The van der Waals surface area contributed by atoms with Crippen LogP contribution in [-0.4, -0.2) is 48.5 Å². The second kappa shape index (κ2) is 11.2. The SMILES string of the molecule is N#Cc1ccc(CN2CCCN(C(=O)COc3ccc(Oc4ccccc4)cc3)CC2)cc1. The van der Waals surface area contributed by atoms with Gasteiger partial charge in [-0.1, -0.05) is 30.3 Å². The van der Waals surface area contributed by atoms with Crippen LogP contribution in [0.1, 0.15) is 17.5 Å². The second-order valence-electron chi connectivity index (χ2n) is 7.99. The van der Waals surface area contributed by atoms with Crippen LogP contribution in [0.25, 0.3) is 0 Å². The predicted molar refractivity (Wildman–Crippen MR) is 126 cm³/mol. The lowest BCUT2D eigenvalue weighted by molar-refractivity contribution is -0.133. The number of para-hydroxylation sites is 1. The lowest BCUT2D eigenvalue weighted by Crippen LogP contribution is -2.38. The summed E-state index contributed by atoms with van der Waals surface area (Å²) >= 11 is 0. The molecule has 1 aliphatic heterocycles. The Bertz CT molecular complexity index is 1080. The Labute approximate surface area is 194 Å². The van der Waals surface area contributed by atoms with Crippen LogP contribution in [-0.2, 0) is 11.3 Å². The summed E-state index contributed by atoms with van der Waals surface area (Å²) in [5.41, 5.74) is 1.85. The molecule has 4 rings (SSSR count). The number of hydrogen-bond donors (Lipinski definition) is 0. The zero-order valence-electron chi connectivity index (χ0n) is 18.5. The maximum absolute atomic E-state index is 12.7. The van der Waals surface area contributed by atoms with Gasteiger partial charge in [0.05, 0.1) is 11.6 Å². The van der Waals surface area contributed by atoms with Crippen LogP contribution in [0.4, 0.5) is 0 Å². The zero-order valence-corrected chi connectivity index (χ0v) is 18.5. The van der Waals surface area contributed by atoms with E-state index in [2.05, 4.69) is 11.0 Å². The van der Waals surface area contributed by atoms with Crippen LogP contribution >= 0.6 is 0 Å². The summed E-state index contributed by atoms with van der Waals surface area (Å²) in [5, 5.41) is 8.94. The number of nitrogens with zero attached hydrogens (tertiary/aromatic N) is 3. The highest BCUT2D eigenvalue weighted by Crippen LogP contribution is 2.23. The molecule has 1 aliphatic rings. The van der Waals surface area contributed by atoms with Gasteiger partial charge in [0.1, 0.15) is 17.2 Å². The molecule has 0 aromatic heterocycles. The average molecular weight is 442 g/mol. The topological polar surface area (TPSA) is 65.8 Å². The van der Waals surface area contributed by atoms with E-state index in [0.29, 0.717) is 17.9 Å². The quantitative estimate of drug-likeness (QED) is 0.541. The van der Waals surface area contributed by atoms with E-state index < -0.39 is 0 Å². The minimum absolute atomic E-state index is 0.000153. The van der Waals surface area contributed by atoms with Gasteiger partial charge in [-0.3, -0.25) is 9.69 Å². The normalized spacial score (nSPS) is 14.2. The molecule has 6 nitrogen and oxygen atoms in total. The molecule has 1 saturated heterocycles. The van der Waals surface area contributed by atoms with Crippen molar-refractivity contribution in [2.24, 2.45) is 0 Å². The number of ether oxygens (including phenoxy) is 2. The predicted octanol–water partition coefficient (Wildman–Crippen LogP) is 4.46. The first-order valence-corrected chi connectivity index (χ1v) is 11.1. The maximum Gasteiger partial charge on any atom is 0.260 e. The summed E-state index contributed by atoms with van der Waals surface area (Å²) < 4.78 is 11.5. The van der Waals surface area contributed by atoms with E-state index in [-0.39, 0.29) is 12.5 Å². The van der Waals surface area contributed by atoms with Crippen molar-refractivity contribution in [2.75, 3.05) is 32.8 Å². The Hall–Kier alpha value is -3.82. The van der Waals surface area contributed by atoms with Gasteiger partial charge in [-0.15, -0.1) is 0 Å². The van der Waals surface area contributed by atoms with E-state index in [0.717, 1.165) is 44.1 Å². The van der Waals surface area contributed by atoms with Gasteiger partial charge < -0.3 is 14.4 Å². The summed E-state index contributed by atoms with van der Waals surface area (Å²) in [4.78, 5) is 16.9. The minimum Gasteiger partial charge on any atom is -0.484 e. The van der Waals surface area contributed by atoms with Gasteiger partial charge in [0.15, 0.2) is 6.61 Å². The van der Waals surface area contributed by atoms with Gasteiger partial charge in [-0.2, -0.15) is 5.26 Å². The van der Waals surface area contributed by atoms with E-state index in [1.807, 2.05) is 83.8 Å². The number of nitriles is 1. The van der Waals surface area contributed by atoms with Crippen LogP contribution in [0.3, 0.4) is 0 Å². The van der Waals surface area contributed by atoms with E-state index >= 15 is 0 Å². The lowest BCUT2D eigenvalue weighted by Gasteiger charge is -2.22. The maximum atomic E-state index is 12.7. The molecule has 1 heterocycles. The number of hydrogen-bond acceptors (Lipinski definition) is 5. The van der Waals surface area contributed by atoms with Gasteiger partial charge in [-0.25, -0.2) is 0 Å². The molecule has 0 radical (unpaired) electrons. The standard InChI is InChI=1S/C27H27N3O3/c28-19-22-7-9-23(10-8-22)20-29-15-4-16-30(18-17-29)27(31)21-32-24-11-13-26(14-12-24)33-25-5-2-1-3-6-25/h1-3,5-14H,4,15-18,20-21H2. The van der Waals surface area contributed by atoms with E-state index in [4.69, 9.17) is 14.7 Å². The fourth-order valence-electron chi connectivity index (χ4n) is 3.79. The number of amides is 1. The molecule has 0 aliphatic carbocycles. The molecule has 0 atom stereocenters. The fraction of sp³-hybridized carbons (Fsp3) is 0.259. The average Bonchev–Trinajstić information content (AvgIpc) is 3.10. The fourth-order valence-corrected chi connectivity index (χ4v) is 3.79. The molecule has 0 unspecified atom stereocenters. The summed E-state index contributed by atoms with van der Waals surface area (Å²) in [5.74, 6) is 2.13. The monoisotopic (exact) mass is 441 g/mol. The first-order chi connectivity index (χ1) is 16.2. The first kappa shape index (κ1) is 22.4. The lowest BCUT2D eigenvalue weighted by atomic mass is 10.1. The third kappa shape index (κ3) is 6.58. The first-order valence-electron chi connectivity index (χ1n) is 11.1. The van der Waals surface area contributed by atoms with Crippen molar-refractivity contribution in [2.45, 2.75) is 13.0 Å². The number of carbonyl (C=O) groups is 1. The third-order valence-electron chi connectivity index (χ3n) is 5.60. The molecular formula is C27H27N3O3. The van der Waals surface area contributed by atoms with Crippen molar-refractivity contribution < 1.29 is 14.3 Å². The largest absolute Gasteiger partial charge is 0.484 e.